The smallest absolute Gasteiger partial charge is 0.243 e. The maximum absolute atomic E-state index is 12.5. The van der Waals surface area contributed by atoms with Gasteiger partial charge < -0.3 is 9.88 Å². The van der Waals surface area contributed by atoms with E-state index in [1.54, 1.807) is 24.7 Å². The standard InChI is InChI=1S/C21H26N4O2S/c1-3-25(4-2)28(26,27)21-11-7-19(8-12-21)16-23-15-18-5-9-20(10-6-18)24-14-13-22-17-24/h5-14,17,23H,3-4,15-16H2,1-2H3. The zero-order chi connectivity index (χ0) is 20.0. The minimum absolute atomic E-state index is 0.343. The molecule has 148 valence electrons. The van der Waals surface area contributed by atoms with Gasteiger partial charge in [-0.3, -0.25) is 0 Å². The van der Waals surface area contributed by atoms with Crippen molar-refractivity contribution in [2.75, 3.05) is 13.1 Å². The van der Waals surface area contributed by atoms with Gasteiger partial charge in [0.2, 0.25) is 10.0 Å². The first-order chi connectivity index (χ1) is 13.5. The molecule has 0 aliphatic rings. The molecule has 0 amide bonds. The summed E-state index contributed by atoms with van der Waals surface area (Å²) in [5, 5.41) is 3.40. The lowest BCUT2D eigenvalue weighted by Crippen LogP contribution is -2.30. The van der Waals surface area contributed by atoms with E-state index in [2.05, 4.69) is 34.6 Å². The molecule has 0 saturated carbocycles. The van der Waals surface area contributed by atoms with Gasteiger partial charge in [-0.2, -0.15) is 4.31 Å². The molecule has 0 atom stereocenters. The molecule has 0 radical (unpaired) electrons. The Bertz CT molecular complexity index is 962. The Hall–Kier alpha value is -2.48. The third kappa shape index (κ3) is 4.67. The van der Waals surface area contributed by atoms with E-state index in [1.165, 1.54) is 9.87 Å². The van der Waals surface area contributed by atoms with Crippen molar-refractivity contribution in [2.45, 2.75) is 31.8 Å². The van der Waals surface area contributed by atoms with Crippen molar-refractivity contribution in [3.63, 3.8) is 0 Å². The van der Waals surface area contributed by atoms with Crippen LogP contribution in [0.5, 0.6) is 0 Å². The van der Waals surface area contributed by atoms with Gasteiger partial charge in [-0.15, -0.1) is 0 Å². The monoisotopic (exact) mass is 398 g/mol. The zero-order valence-electron chi connectivity index (χ0n) is 16.2. The maximum Gasteiger partial charge on any atom is 0.243 e. The summed E-state index contributed by atoms with van der Waals surface area (Å²) in [6.45, 7) is 6.06. The summed E-state index contributed by atoms with van der Waals surface area (Å²) in [4.78, 5) is 4.40. The molecule has 7 heteroatoms. The maximum atomic E-state index is 12.5. The SMILES string of the molecule is CCN(CC)S(=O)(=O)c1ccc(CNCc2ccc(-n3ccnc3)cc2)cc1. The molecule has 2 aromatic carbocycles. The van der Waals surface area contributed by atoms with E-state index in [1.807, 2.05) is 36.7 Å². The van der Waals surface area contributed by atoms with E-state index in [4.69, 9.17) is 0 Å². The van der Waals surface area contributed by atoms with Gasteiger partial charge in [0.15, 0.2) is 0 Å². The zero-order valence-corrected chi connectivity index (χ0v) is 17.1. The fourth-order valence-corrected chi connectivity index (χ4v) is 4.50. The molecule has 0 unspecified atom stereocenters. The summed E-state index contributed by atoms with van der Waals surface area (Å²) in [6.07, 6.45) is 5.45. The van der Waals surface area contributed by atoms with E-state index in [0.29, 0.717) is 24.5 Å². The van der Waals surface area contributed by atoms with Gasteiger partial charge >= 0.3 is 0 Å². The van der Waals surface area contributed by atoms with Crippen LogP contribution in [0.1, 0.15) is 25.0 Å². The predicted octanol–water partition coefficient (Wildman–Crippen LogP) is 3.19. The second kappa shape index (κ2) is 9.14. The first kappa shape index (κ1) is 20.3. The summed E-state index contributed by atoms with van der Waals surface area (Å²) >= 11 is 0. The highest BCUT2D eigenvalue weighted by molar-refractivity contribution is 7.89. The Kier molecular flexibility index (Phi) is 6.61. The van der Waals surface area contributed by atoms with Crippen molar-refractivity contribution in [3.05, 3.63) is 78.4 Å². The van der Waals surface area contributed by atoms with Gasteiger partial charge in [0.25, 0.3) is 0 Å². The molecular weight excluding hydrogens is 372 g/mol. The minimum atomic E-state index is -3.40. The van der Waals surface area contributed by atoms with E-state index in [9.17, 15) is 8.42 Å². The van der Waals surface area contributed by atoms with E-state index in [-0.39, 0.29) is 0 Å². The van der Waals surface area contributed by atoms with Crippen LogP contribution in [0, 0.1) is 0 Å². The highest BCUT2D eigenvalue weighted by atomic mass is 32.2. The van der Waals surface area contributed by atoms with Gasteiger partial charge in [0, 0.05) is 44.3 Å². The first-order valence-corrected chi connectivity index (χ1v) is 10.9. The quantitative estimate of drug-likeness (QED) is 0.601. The molecule has 0 spiro atoms. The summed E-state index contributed by atoms with van der Waals surface area (Å²) in [5.74, 6) is 0. The number of benzene rings is 2. The number of hydrogen-bond acceptors (Lipinski definition) is 4. The number of imidazole rings is 1. The summed E-state index contributed by atoms with van der Waals surface area (Å²) < 4.78 is 28.5. The van der Waals surface area contributed by atoms with Crippen LogP contribution in [0.2, 0.25) is 0 Å². The second-order valence-corrected chi connectivity index (χ2v) is 8.41. The van der Waals surface area contributed by atoms with Crippen LogP contribution in [0.4, 0.5) is 0 Å². The molecule has 6 nitrogen and oxygen atoms in total. The van der Waals surface area contributed by atoms with Crippen LogP contribution < -0.4 is 5.32 Å². The molecular formula is C21H26N4O2S. The lowest BCUT2D eigenvalue weighted by molar-refractivity contribution is 0.445. The molecule has 1 heterocycles. The van der Waals surface area contributed by atoms with Gasteiger partial charge in [-0.1, -0.05) is 38.1 Å². The topological polar surface area (TPSA) is 67.2 Å². The lowest BCUT2D eigenvalue weighted by atomic mass is 10.2. The van der Waals surface area contributed by atoms with Gasteiger partial charge in [-0.25, -0.2) is 13.4 Å². The Morgan fingerprint density at radius 3 is 2.00 bits per heavy atom. The fourth-order valence-electron chi connectivity index (χ4n) is 3.04. The van der Waals surface area contributed by atoms with Crippen LogP contribution in [0.15, 0.2) is 72.1 Å². The van der Waals surface area contributed by atoms with E-state index >= 15 is 0 Å². The third-order valence-corrected chi connectivity index (χ3v) is 6.73. The van der Waals surface area contributed by atoms with E-state index in [0.717, 1.165) is 17.8 Å². The van der Waals surface area contributed by atoms with Crippen LogP contribution in [-0.2, 0) is 23.1 Å². The first-order valence-electron chi connectivity index (χ1n) is 9.41. The molecule has 0 bridgehead atoms. The number of sulfonamides is 1. The van der Waals surface area contributed by atoms with Gasteiger partial charge in [0.05, 0.1) is 11.2 Å². The summed E-state index contributed by atoms with van der Waals surface area (Å²) in [6, 6.07) is 15.4. The van der Waals surface area contributed by atoms with Gasteiger partial charge in [-0.05, 0) is 35.4 Å². The molecule has 0 fully saturated rings. The van der Waals surface area contributed by atoms with E-state index < -0.39 is 10.0 Å². The second-order valence-electron chi connectivity index (χ2n) is 6.47. The Balaban J connectivity index is 1.55. The molecule has 1 aromatic heterocycles. The predicted molar refractivity (Wildman–Crippen MR) is 111 cm³/mol. The Morgan fingerprint density at radius 1 is 0.929 bits per heavy atom. The number of rotatable bonds is 9. The van der Waals surface area contributed by atoms with Crippen LogP contribution in [0.3, 0.4) is 0 Å². The minimum Gasteiger partial charge on any atom is -0.309 e. The molecule has 0 aliphatic carbocycles. The van der Waals surface area contributed by atoms with Crippen molar-refractivity contribution < 1.29 is 8.42 Å². The number of nitrogens with zero attached hydrogens (tertiary/aromatic N) is 3. The number of nitrogens with one attached hydrogen (secondary N) is 1. The summed E-state index contributed by atoms with van der Waals surface area (Å²) in [5.41, 5.74) is 3.31. The average molecular weight is 399 g/mol. The highest BCUT2D eigenvalue weighted by Crippen LogP contribution is 2.16. The largest absolute Gasteiger partial charge is 0.309 e. The van der Waals surface area contributed by atoms with Crippen LogP contribution in [-0.4, -0.2) is 35.4 Å². The highest BCUT2D eigenvalue weighted by Gasteiger charge is 2.20. The average Bonchev–Trinajstić information content (AvgIpc) is 3.24. The fraction of sp³-hybridized carbons (Fsp3) is 0.286. The van der Waals surface area contributed by atoms with Crippen LogP contribution >= 0.6 is 0 Å². The number of hydrogen-bond donors (Lipinski definition) is 1. The van der Waals surface area contributed by atoms with Crippen molar-refractivity contribution in [1.82, 2.24) is 19.2 Å². The van der Waals surface area contributed by atoms with Crippen molar-refractivity contribution in [2.24, 2.45) is 0 Å². The molecule has 0 saturated heterocycles. The van der Waals surface area contributed by atoms with Crippen molar-refractivity contribution >= 4 is 10.0 Å². The molecule has 1 N–H and O–H groups in total. The molecule has 3 rings (SSSR count). The Morgan fingerprint density at radius 2 is 1.50 bits per heavy atom. The lowest BCUT2D eigenvalue weighted by Gasteiger charge is -2.18. The van der Waals surface area contributed by atoms with Crippen molar-refractivity contribution in [3.8, 4) is 5.69 Å². The normalized spacial score (nSPS) is 11.8. The molecule has 0 aliphatic heterocycles. The molecule has 28 heavy (non-hydrogen) atoms. The van der Waals surface area contributed by atoms with Crippen molar-refractivity contribution in [1.29, 1.82) is 0 Å². The number of aromatic nitrogens is 2. The summed E-state index contributed by atoms with van der Waals surface area (Å²) in [7, 11) is -3.40. The van der Waals surface area contributed by atoms with Crippen LogP contribution in [0.25, 0.3) is 5.69 Å². The third-order valence-electron chi connectivity index (χ3n) is 4.66. The van der Waals surface area contributed by atoms with Gasteiger partial charge in [0.1, 0.15) is 0 Å². The Labute approximate surface area is 166 Å². The molecule has 3 aromatic rings.